The average Bonchev–Trinajstić information content (AvgIpc) is 2.26. The summed E-state index contributed by atoms with van der Waals surface area (Å²) < 4.78 is 7.31. The molecular weight excluding hydrogens is 256 g/mol. The van der Waals surface area contributed by atoms with E-state index < -0.39 is 11.7 Å². The second kappa shape index (κ2) is 6.57. The smallest absolute Gasteiger partial charge is 0.408 e. The Bertz CT molecular complexity index is 353. The number of nitrogens with one attached hydrogen (secondary N) is 1. The average molecular weight is 285 g/mol. The normalized spacial score (nSPS) is 26.9. The highest BCUT2D eigenvalue weighted by molar-refractivity contribution is 5.68. The van der Waals surface area contributed by atoms with E-state index in [1.165, 1.54) is 0 Å². The van der Waals surface area contributed by atoms with Gasteiger partial charge in [0.2, 0.25) is 0 Å². The predicted molar refractivity (Wildman–Crippen MR) is 79.4 cm³/mol. The molecule has 116 valence electrons. The molecular formula is C15H29N2O3+. The van der Waals surface area contributed by atoms with Crippen molar-refractivity contribution in [1.82, 2.24) is 5.32 Å². The molecule has 0 saturated heterocycles. The van der Waals surface area contributed by atoms with E-state index in [1.807, 2.05) is 32.4 Å². The molecule has 1 saturated carbocycles. The van der Waals surface area contributed by atoms with Crippen LogP contribution in [-0.2, 0) is 4.74 Å². The molecule has 1 aliphatic carbocycles. The highest BCUT2D eigenvalue weighted by Crippen LogP contribution is 2.32. The Hall–Kier alpha value is -1.10. The lowest BCUT2D eigenvalue weighted by Gasteiger charge is -2.39. The lowest BCUT2D eigenvalue weighted by atomic mass is 9.77. The van der Waals surface area contributed by atoms with Crippen molar-refractivity contribution in [3.8, 4) is 0 Å². The number of carbonyl (C=O) groups is 1. The number of hydrogen-bond donors (Lipinski definition) is 2. The number of aliphatic hydroxyl groups is 1. The van der Waals surface area contributed by atoms with E-state index in [9.17, 15) is 9.90 Å². The second-order valence-corrected chi connectivity index (χ2v) is 6.87. The van der Waals surface area contributed by atoms with Gasteiger partial charge in [0.1, 0.15) is 19.4 Å². The monoisotopic (exact) mass is 285 g/mol. The fourth-order valence-corrected chi connectivity index (χ4v) is 2.77. The molecule has 1 amide bonds. The molecule has 0 aromatic heterocycles. The zero-order chi connectivity index (χ0) is 15.4. The topological polar surface area (TPSA) is 61.6 Å². The molecule has 1 rings (SSSR count). The second-order valence-electron chi connectivity index (χ2n) is 6.87. The van der Waals surface area contributed by atoms with Crippen LogP contribution in [0, 0.1) is 0 Å². The van der Waals surface area contributed by atoms with Crippen LogP contribution in [0.25, 0.3) is 0 Å². The van der Waals surface area contributed by atoms with Crippen molar-refractivity contribution >= 4 is 12.8 Å². The minimum absolute atomic E-state index is 0.0701. The highest BCUT2D eigenvalue weighted by atomic mass is 16.6. The molecule has 0 heterocycles. The van der Waals surface area contributed by atoms with Crippen LogP contribution in [-0.4, -0.2) is 53.3 Å². The Kier molecular flexibility index (Phi) is 5.57. The SMILES string of the molecule is C=[N+](C)[C@H]1CC[C@@](CCO)(NC(=O)OC(C)(C)C)CC1. The van der Waals surface area contributed by atoms with Gasteiger partial charge in [-0.15, -0.1) is 0 Å². The molecule has 0 aromatic rings. The van der Waals surface area contributed by atoms with Crippen molar-refractivity contribution in [2.75, 3.05) is 13.7 Å². The molecule has 5 nitrogen and oxygen atoms in total. The first-order chi connectivity index (χ1) is 9.17. The maximum Gasteiger partial charge on any atom is 0.408 e. The summed E-state index contributed by atoms with van der Waals surface area (Å²) in [6.07, 6.45) is 3.80. The van der Waals surface area contributed by atoms with Gasteiger partial charge < -0.3 is 15.2 Å². The van der Waals surface area contributed by atoms with E-state index in [4.69, 9.17) is 4.74 Å². The van der Waals surface area contributed by atoms with Crippen LogP contribution < -0.4 is 5.32 Å². The number of rotatable bonds is 4. The Morgan fingerprint density at radius 1 is 1.45 bits per heavy atom. The number of carbonyl (C=O) groups excluding carboxylic acids is 1. The van der Waals surface area contributed by atoms with Gasteiger partial charge in [-0.1, -0.05) is 0 Å². The van der Waals surface area contributed by atoms with Crippen LogP contribution in [0.15, 0.2) is 0 Å². The minimum atomic E-state index is -0.505. The Morgan fingerprint density at radius 2 is 2.00 bits per heavy atom. The maximum absolute atomic E-state index is 12.0. The Balaban J connectivity index is 2.65. The third-order valence-corrected chi connectivity index (χ3v) is 3.89. The number of nitrogens with zero attached hydrogens (tertiary/aromatic N) is 1. The van der Waals surface area contributed by atoms with E-state index in [-0.39, 0.29) is 12.1 Å². The van der Waals surface area contributed by atoms with Crippen molar-refractivity contribution in [2.24, 2.45) is 0 Å². The maximum atomic E-state index is 12.0. The molecule has 0 radical (unpaired) electrons. The molecule has 2 N–H and O–H groups in total. The van der Waals surface area contributed by atoms with E-state index in [0.717, 1.165) is 25.7 Å². The first kappa shape index (κ1) is 17.0. The molecule has 0 unspecified atom stereocenters. The fourth-order valence-electron chi connectivity index (χ4n) is 2.77. The largest absolute Gasteiger partial charge is 0.444 e. The number of hydrogen-bond acceptors (Lipinski definition) is 3. The molecule has 5 heteroatoms. The summed E-state index contributed by atoms with van der Waals surface area (Å²) in [4.78, 5) is 12.0. The van der Waals surface area contributed by atoms with Gasteiger partial charge in [-0.2, -0.15) is 0 Å². The summed E-state index contributed by atoms with van der Waals surface area (Å²) in [6, 6.07) is 0.447. The fraction of sp³-hybridized carbons (Fsp3) is 0.867. The van der Waals surface area contributed by atoms with Gasteiger partial charge in [-0.3, -0.25) is 0 Å². The number of ether oxygens (including phenoxy) is 1. The molecule has 1 fully saturated rings. The van der Waals surface area contributed by atoms with Crippen LogP contribution in [0.1, 0.15) is 52.9 Å². The number of amides is 1. The zero-order valence-electron chi connectivity index (χ0n) is 13.2. The van der Waals surface area contributed by atoms with E-state index in [1.54, 1.807) is 0 Å². The minimum Gasteiger partial charge on any atom is -0.444 e. The summed E-state index contributed by atoms with van der Waals surface area (Å²) in [5.41, 5.74) is -0.848. The summed E-state index contributed by atoms with van der Waals surface area (Å²) >= 11 is 0. The van der Waals surface area contributed by atoms with Gasteiger partial charge in [0.25, 0.3) is 0 Å². The third-order valence-electron chi connectivity index (χ3n) is 3.89. The van der Waals surface area contributed by atoms with Crippen molar-refractivity contribution in [1.29, 1.82) is 0 Å². The van der Waals surface area contributed by atoms with Gasteiger partial charge >= 0.3 is 6.09 Å². The van der Waals surface area contributed by atoms with E-state index in [2.05, 4.69) is 12.0 Å². The van der Waals surface area contributed by atoms with Crippen LogP contribution in [0.2, 0.25) is 0 Å². The quantitative estimate of drug-likeness (QED) is 0.613. The van der Waals surface area contributed by atoms with Gasteiger partial charge in [-0.25, -0.2) is 9.37 Å². The molecule has 0 bridgehead atoms. The van der Waals surface area contributed by atoms with Crippen molar-refractivity contribution in [3.63, 3.8) is 0 Å². The van der Waals surface area contributed by atoms with E-state index in [0.29, 0.717) is 12.5 Å². The first-order valence-electron chi connectivity index (χ1n) is 7.33. The van der Waals surface area contributed by atoms with Crippen LogP contribution in [0.5, 0.6) is 0 Å². The van der Waals surface area contributed by atoms with Crippen LogP contribution in [0.3, 0.4) is 0 Å². The van der Waals surface area contributed by atoms with Crippen molar-refractivity contribution in [3.05, 3.63) is 0 Å². The molecule has 0 aromatic carbocycles. The molecule has 20 heavy (non-hydrogen) atoms. The van der Waals surface area contributed by atoms with Gasteiger partial charge in [0, 0.05) is 25.0 Å². The summed E-state index contributed by atoms with van der Waals surface area (Å²) in [5.74, 6) is 0. The molecule has 0 atom stereocenters. The van der Waals surface area contributed by atoms with Gasteiger partial charge in [-0.05, 0) is 40.0 Å². The zero-order valence-corrected chi connectivity index (χ0v) is 13.2. The first-order valence-corrected chi connectivity index (χ1v) is 7.33. The molecule has 0 spiro atoms. The third kappa shape index (κ3) is 5.12. The summed E-state index contributed by atoms with van der Waals surface area (Å²) in [5, 5.41) is 12.3. The lowest BCUT2D eigenvalue weighted by Crippen LogP contribution is -2.53. The predicted octanol–water partition coefficient (Wildman–Crippen LogP) is 1.92. The van der Waals surface area contributed by atoms with Crippen LogP contribution >= 0.6 is 0 Å². The molecule has 0 aliphatic heterocycles. The van der Waals surface area contributed by atoms with Crippen molar-refractivity contribution in [2.45, 2.75) is 70.1 Å². The van der Waals surface area contributed by atoms with Gasteiger partial charge in [0.05, 0.1) is 0 Å². The standard InChI is InChI=1S/C15H28N2O3/c1-14(2,3)20-13(19)16-15(10-11-18)8-6-12(7-9-15)17(4)5/h12,18H,4,6-11H2,1-3,5H3/p+1/t12-,15+. The highest BCUT2D eigenvalue weighted by Gasteiger charge is 2.39. The summed E-state index contributed by atoms with van der Waals surface area (Å²) in [7, 11) is 1.98. The summed E-state index contributed by atoms with van der Waals surface area (Å²) in [6.45, 7) is 9.55. The number of alkyl carbamates (subject to hydrolysis) is 1. The van der Waals surface area contributed by atoms with E-state index >= 15 is 0 Å². The Morgan fingerprint density at radius 3 is 2.40 bits per heavy atom. The van der Waals surface area contributed by atoms with Crippen molar-refractivity contribution < 1.29 is 19.2 Å². The number of aliphatic hydroxyl groups excluding tert-OH is 1. The van der Waals surface area contributed by atoms with Crippen LogP contribution in [0.4, 0.5) is 4.79 Å². The Labute approximate surface area is 122 Å². The molecule has 1 aliphatic rings. The van der Waals surface area contributed by atoms with Gasteiger partial charge in [0.15, 0.2) is 6.04 Å². The lowest BCUT2D eigenvalue weighted by molar-refractivity contribution is -0.534.